The van der Waals surface area contributed by atoms with E-state index in [9.17, 15) is 26.7 Å². The van der Waals surface area contributed by atoms with E-state index in [1.54, 1.807) is 0 Å². The third-order valence-corrected chi connectivity index (χ3v) is 3.16. The van der Waals surface area contributed by atoms with Gasteiger partial charge in [-0.25, -0.2) is 21.6 Å². The molecule has 1 unspecified atom stereocenters. The van der Waals surface area contributed by atoms with Crippen molar-refractivity contribution in [2.45, 2.75) is 12.5 Å². The number of halogens is 3. The van der Waals surface area contributed by atoms with E-state index in [1.165, 1.54) is 0 Å². The van der Waals surface area contributed by atoms with Crippen LogP contribution in [0.2, 0.25) is 0 Å². The first-order chi connectivity index (χ1) is 7.72. The topological polar surface area (TPSA) is 54.4 Å². The predicted octanol–water partition coefficient (Wildman–Crippen LogP) is 1.57. The van der Waals surface area contributed by atoms with Gasteiger partial charge in [0.1, 0.15) is 9.84 Å². The number of aliphatic hydroxyl groups excluding tert-OH is 1. The van der Waals surface area contributed by atoms with Gasteiger partial charge in [-0.05, 0) is 12.5 Å². The Hall–Kier alpha value is -1.08. The van der Waals surface area contributed by atoms with E-state index >= 15 is 0 Å². The van der Waals surface area contributed by atoms with Gasteiger partial charge in [-0.15, -0.1) is 0 Å². The summed E-state index contributed by atoms with van der Waals surface area (Å²) in [6.07, 6.45) is -0.804. The fraction of sp³-hybridized carbons (Fsp3) is 0.400. The minimum atomic E-state index is -3.31. The zero-order chi connectivity index (χ0) is 13.2. The van der Waals surface area contributed by atoms with Crippen LogP contribution in [0.25, 0.3) is 0 Å². The Balaban J connectivity index is 2.90. The number of benzene rings is 1. The van der Waals surface area contributed by atoms with Gasteiger partial charge in [0, 0.05) is 11.8 Å². The third kappa shape index (κ3) is 3.71. The molecular formula is C10H11F3O3S. The first-order valence-corrected chi connectivity index (χ1v) is 6.77. The van der Waals surface area contributed by atoms with Crippen molar-refractivity contribution in [2.24, 2.45) is 0 Å². The smallest absolute Gasteiger partial charge is 0.194 e. The number of hydrogen-bond donors (Lipinski definition) is 1. The highest BCUT2D eigenvalue weighted by molar-refractivity contribution is 7.90. The van der Waals surface area contributed by atoms with Gasteiger partial charge in [-0.1, -0.05) is 6.07 Å². The molecule has 0 aliphatic heterocycles. The summed E-state index contributed by atoms with van der Waals surface area (Å²) in [5.41, 5.74) is -0.451. The van der Waals surface area contributed by atoms with E-state index in [-0.39, 0.29) is 12.2 Å². The number of rotatable bonds is 4. The van der Waals surface area contributed by atoms with Crippen molar-refractivity contribution in [3.05, 3.63) is 35.1 Å². The molecule has 0 spiro atoms. The van der Waals surface area contributed by atoms with Gasteiger partial charge in [-0.3, -0.25) is 0 Å². The quantitative estimate of drug-likeness (QED) is 0.843. The first-order valence-electron chi connectivity index (χ1n) is 4.71. The van der Waals surface area contributed by atoms with Crippen LogP contribution in [0, 0.1) is 17.5 Å². The van der Waals surface area contributed by atoms with Crippen molar-refractivity contribution < 1.29 is 26.7 Å². The molecule has 0 aliphatic rings. The predicted molar refractivity (Wildman–Crippen MR) is 55.6 cm³/mol. The van der Waals surface area contributed by atoms with Crippen LogP contribution in [-0.4, -0.2) is 25.5 Å². The summed E-state index contributed by atoms with van der Waals surface area (Å²) in [6, 6.07) is 1.57. The molecule has 0 saturated heterocycles. The van der Waals surface area contributed by atoms with Crippen molar-refractivity contribution in [3.63, 3.8) is 0 Å². The van der Waals surface area contributed by atoms with Crippen molar-refractivity contribution in [2.75, 3.05) is 12.0 Å². The number of hydrogen-bond acceptors (Lipinski definition) is 3. The Labute approximate surface area is 96.8 Å². The van der Waals surface area contributed by atoms with Crippen molar-refractivity contribution in [1.82, 2.24) is 0 Å². The van der Waals surface area contributed by atoms with Crippen LogP contribution in [0.3, 0.4) is 0 Å². The number of sulfone groups is 1. The highest BCUT2D eigenvalue weighted by Gasteiger charge is 2.20. The summed E-state index contributed by atoms with van der Waals surface area (Å²) >= 11 is 0. The minimum Gasteiger partial charge on any atom is -0.388 e. The highest BCUT2D eigenvalue weighted by atomic mass is 32.2. The van der Waals surface area contributed by atoms with Gasteiger partial charge >= 0.3 is 0 Å². The largest absolute Gasteiger partial charge is 0.388 e. The average Bonchev–Trinajstić information content (AvgIpc) is 2.22. The fourth-order valence-corrected chi connectivity index (χ4v) is 1.93. The Bertz CT molecular complexity index is 514. The second kappa shape index (κ2) is 5.05. The van der Waals surface area contributed by atoms with Crippen LogP contribution >= 0.6 is 0 Å². The maximum Gasteiger partial charge on any atom is 0.194 e. The van der Waals surface area contributed by atoms with Crippen LogP contribution < -0.4 is 0 Å². The second-order valence-electron chi connectivity index (χ2n) is 3.70. The van der Waals surface area contributed by atoms with Crippen LogP contribution in [0.5, 0.6) is 0 Å². The summed E-state index contributed by atoms with van der Waals surface area (Å²) in [6.45, 7) is 0. The van der Waals surface area contributed by atoms with Crippen molar-refractivity contribution >= 4 is 9.84 Å². The fourth-order valence-electron chi connectivity index (χ4n) is 1.28. The molecule has 1 aromatic rings. The summed E-state index contributed by atoms with van der Waals surface area (Å²) < 4.78 is 60.3. The lowest BCUT2D eigenvalue weighted by Gasteiger charge is -2.11. The molecule has 7 heteroatoms. The van der Waals surface area contributed by atoms with Crippen LogP contribution in [-0.2, 0) is 9.84 Å². The first kappa shape index (κ1) is 14.0. The molecule has 0 bridgehead atoms. The summed E-state index contributed by atoms with van der Waals surface area (Å²) in [7, 11) is -3.31. The van der Waals surface area contributed by atoms with Gasteiger partial charge in [-0.2, -0.15) is 0 Å². The van der Waals surface area contributed by atoms with E-state index in [4.69, 9.17) is 0 Å². The maximum absolute atomic E-state index is 13.2. The van der Waals surface area contributed by atoms with Crippen molar-refractivity contribution in [1.29, 1.82) is 0 Å². The third-order valence-electron chi connectivity index (χ3n) is 2.19. The monoisotopic (exact) mass is 268 g/mol. The second-order valence-corrected chi connectivity index (χ2v) is 5.96. The molecule has 1 N–H and O–H groups in total. The molecule has 0 heterocycles. The molecule has 1 atom stereocenters. The molecule has 0 saturated carbocycles. The minimum absolute atomic E-state index is 0.277. The molecule has 1 aromatic carbocycles. The number of aliphatic hydroxyl groups is 1. The Morgan fingerprint density at radius 1 is 1.24 bits per heavy atom. The van der Waals surface area contributed by atoms with E-state index < -0.39 is 39.0 Å². The molecule has 0 aromatic heterocycles. The summed E-state index contributed by atoms with van der Waals surface area (Å²) in [5.74, 6) is -4.90. The van der Waals surface area contributed by atoms with E-state index in [0.717, 1.165) is 12.3 Å². The Morgan fingerprint density at radius 2 is 1.82 bits per heavy atom. The standard InChI is InChI=1S/C10H11F3O3S/c1-17(15,16)5-4-8(14)6-2-3-7(11)10(13)9(6)12/h2-3,8,14H,4-5H2,1H3. The average molecular weight is 268 g/mol. The van der Waals surface area contributed by atoms with Gasteiger partial charge in [0.25, 0.3) is 0 Å². The van der Waals surface area contributed by atoms with Gasteiger partial charge < -0.3 is 5.11 Å². The zero-order valence-corrected chi connectivity index (χ0v) is 9.77. The molecule has 0 amide bonds. The van der Waals surface area contributed by atoms with Gasteiger partial charge in [0.15, 0.2) is 17.5 Å². The van der Waals surface area contributed by atoms with Crippen molar-refractivity contribution in [3.8, 4) is 0 Å². The van der Waals surface area contributed by atoms with Crippen LogP contribution in [0.4, 0.5) is 13.2 Å². The molecule has 0 radical (unpaired) electrons. The lowest BCUT2D eigenvalue weighted by molar-refractivity contribution is 0.168. The normalized spacial score (nSPS) is 13.7. The Morgan fingerprint density at radius 3 is 2.35 bits per heavy atom. The van der Waals surface area contributed by atoms with Gasteiger partial charge in [0.05, 0.1) is 11.9 Å². The van der Waals surface area contributed by atoms with E-state index in [2.05, 4.69) is 0 Å². The van der Waals surface area contributed by atoms with E-state index in [1.807, 2.05) is 0 Å². The maximum atomic E-state index is 13.2. The lowest BCUT2D eigenvalue weighted by atomic mass is 10.1. The molecule has 3 nitrogen and oxygen atoms in total. The highest BCUT2D eigenvalue weighted by Crippen LogP contribution is 2.23. The van der Waals surface area contributed by atoms with Crippen LogP contribution in [0.1, 0.15) is 18.1 Å². The summed E-state index contributed by atoms with van der Waals surface area (Å²) in [4.78, 5) is 0. The van der Waals surface area contributed by atoms with Gasteiger partial charge in [0.2, 0.25) is 0 Å². The van der Waals surface area contributed by atoms with Crippen LogP contribution in [0.15, 0.2) is 12.1 Å². The molecule has 0 fully saturated rings. The Kier molecular flexibility index (Phi) is 4.16. The summed E-state index contributed by atoms with van der Waals surface area (Å²) in [5, 5.41) is 9.49. The molecule has 17 heavy (non-hydrogen) atoms. The lowest BCUT2D eigenvalue weighted by Crippen LogP contribution is -2.10. The molecular weight excluding hydrogens is 257 g/mol. The molecule has 1 rings (SSSR count). The molecule has 96 valence electrons. The molecule has 0 aliphatic carbocycles. The van der Waals surface area contributed by atoms with E-state index in [0.29, 0.717) is 6.07 Å². The SMILES string of the molecule is CS(=O)(=O)CCC(O)c1ccc(F)c(F)c1F. The zero-order valence-electron chi connectivity index (χ0n) is 8.95.